The molecule has 8 heteroatoms. The predicted molar refractivity (Wildman–Crippen MR) is 69.4 cm³/mol. The average Bonchev–Trinajstić information content (AvgIpc) is 2.48. The van der Waals surface area contributed by atoms with Gasteiger partial charge in [0.15, 0.2) is 14.4 Å². The lowest BCUT2D eigenvalue weighted by atomic mass is 10.0. The van der Waals surface area contributed by atoms with Crippen LogP contribution in [-0.4, -0.2) is 41.5 Å². The van der Waals surface area contributed by atoms with Crippen molar-refractivity contribution in [2.45, 2.75) is 24.6 Å². The molecule has 0 spiro atoms. The van der Waals surface area contributed by atoms with Gasteiger partial charge >= 0.3 is 0 Å². The first-order chi connectivity index (χ1) is 7.63. The van der Waals surface area contributed by atoms with Crippen molar-refractivity contribution >= 4 is 25.8 Å². The van der Waals surface area contributed by atoms with Gasteiger partial charge in [0.1, 0.15) is 0 Å². The number of nitrogens with one attached hydrogen (secondary N) is 1. The molecule has 0 aliphatic carbocycles. The Morgan fingerprint density at radius 2 is 2.00 bits per heavy atom. The lowest BCUT2D eigenvalue weighted by Gasteiger charge is -2.32. The van der Waals surface area contributed by atoms with Crippen molar-refractivity contribution in [3.8, 4) is 0 Å². The Balaban J connectivity index is 3.36. The van der Waals surface area contributed by atoms with Crippen LogP contribution in [0.15, 0.2) is 4.60 Å². The molecule has 17 heavy (non-hydrogen) atoms. The van der Waals surface area contributed by atoms with Crippen LogP contribution in [-0.2, 0) is 16.9 Å². The first-order valence-electron chi connectivity index (χ1n) is 5.05. The molecule has 0 aliphatic rings. The number of aryl methyl sites for hydroxylation is 1. The second kappa shape index (κ2) is 4.66. The summed E-state index contributed by atoms with van der Waals surface area (Å²) in [5, 5.41) is 10.8. The molecule has 0 saturated carbocycles. The molecule has 0 aliphatic heterocycles. The highest BCUT2D eigenvalue weighted by Crippen LogP contribution is 2.34. The van der Waals surface area contributed by atoms with Crippen LogP contribution in [0.3, 0.4) is 0 Å². The highest BCUT2D eigenvalue weighted by atomic mass is 79.9. The molecule has 98 valence electrons. The van der Waals surface area contributed by atoms with Crippen LogP contribution in [0.2, 0.25) is 0 Å². The van der Waals surface area contributed by atoms with Crippen molar-refractivity contribution in [1.82, 2.24) is 20.3 Å². The molecule has 1 aromatic heterocycles. The zero-order chi connectivity index (χ0) is 13.4. The first kappa shape index (κ1) is 14.6. The van der Waals surface area contributed by atoms with Gasteiger partial charge in [0.25, 0.3) is 0 Å². The van der Waals surface area contributed by atoms with Crippen LogP contribution in [0, 0.1) is 0 Å². The topological polar surface area (TPSA) is 76.9 Å². The van der Waals surface area contributed by atoms with Crippen molar-refractivity contribution in [1.29, 1.82) is 0 Å². The average molecular weight is 325 g/mol. The van der Waals surface area contributed by atoms with E-state index in [-0.39, 0.29) is 0 Å². The van der Waals surface area contributed by atoms with E-state index in [2.05, 4.69) is 31.6 Å². The summed E-state index contributed by atoms with van der Waals surface area (Å²) in [4.78, 5) is 0. The van der Waals surface area contributed by atoms with Gasteiger partial charge < -0.3 is 5.32 Å². The van der Waals surface area contributed by atoms with Gasteiger partial charge in [-0.2, -0.15) is 0 Å². The summed E-state index contributed by atoms with van der Waals surface area (Å²) >= 11 is 3.29. The summed E-state index contributed by atoms with van der Waals surface area (Å²) in [6, 6.07) is -0.396. The maximum absolute atomic E-state index is 11.9. The van der Waals surface area contributed by atoms with E-state index in [1.54, 1.807) is 32.6 Å². The van der Waals surface area contributed by atoms with E-state index in [9.17, 15) is 8.42 Å². The molecule has 1 rings (SSSR count). The van der Waals surface area contributed by atoms with Gasteiger partial charge in [-0.3, -0.25) is 0 Å². The monoisotopic (exact) mass is 324 g/mol. The van der Waals surface area contributed by atoms with Crippen LogP contribution in [0.25, 0.3) is 0 Å². The van der Waals surface area contributed by atoms with E-state index in [1.165, 1.54) is 6.26 Å². The number of nitrogens with zero attached hydrogens (tertiary/aromatic N) is 3. The SMILES string of the molecule is CNC(c1c(Br)nnn1C)C(C)(C)S(C)(=O)=O. The van der Waals surface area contributed by atoms with Crippen LogP contribution in [0.5, 0.6) is 0 Å². The number of sulfone groups is 1. The molecule has 0 radical (unpaired) electrons. The summed E-state index contributed by atoms with van der Waals surface area (Å²) in [5.74, 6) is 0. The predicted octanol–water partition coefficient (Wildman–Crippen LogP) is 0.661. The van der Waals surface area contributed by atoms with Gasteiger partial charge in [0.05, 0.1) is 16.5 Å². The summed E-state index contributed by atoms with van der Waals surface area (Å²) in [6.07, 6.45) is 1.23. The fourth-order valence-electron chi connectivity index (χ4n) is 1.67. The lowest BCUT2D eigenvalue weighted by molar-refractivity contribution is 0.422. The van der Waals surface area contributed by atoms with Crippen LogP contribution in [0.4, 0.5) is 0 Å². The molecular weight excluding hydrogens is 308 g/mol. The number of rotatable bonds is 4. The van der Waals surface area contributed by atoms with E-state index in [4.69, 9.17) is 0 Å². The van der Waals surface area contributed by atoms with Crippen molar-refractivity contribution < 1.29 is 8.42 Å². The Morgan fingerprint density at radius 3 is 2.29 bits per heavy atom. The van der Waals surface area contributed by atoms with E-state index in [0.29, 0.717) is 10.3 Å². The zero-order valence-electron chi connectivity index (χ0n) is 10.5. The standard InChI is InChI=1S/C9H17BrN4O2S/c1-9(2,17(5,15)16)7(11-3)6-8(10)12-13-14(6)4/h7,11H,1-5H3. The van der Waals surface area contributed by atoms with E-state index < -0.39 is 20.6 Å². The van der Waals surface area contributed by atoms with Crippen molar-refractivity contribution in [3.05, 3.63) is 10.3 Å². The summed E-state index contributed by atoms with van der Waals surface area (Å²) in [6.45, 7) is 3.37. The summed E-state index contributed by atoms with van der Waals surface area (Å²) < 4.78 is 24.9. The minimum Gasteiger partial charge on any atom is -0.310 e. The third-order valence-electron chi connectivity index (χ3n) is 3.04. The molecule has 1 heterocycles. The van der Waals surface area contributed by atoms with Gasteiger partial charge in [-0.05, 0) is 36.8 Å². The van der Waals surface area contributed by atoms with Gasteiger partial charge in [0, 0.05) is 13.3 Å². The lowest BCUT2D eigenvalue weighted by Crippen LogP contribution is -2.44. The summed E-state index contributed by atoms with van der Waals surface area (Å²) in [7, 11) is 0.226. The quantitative estimate of drug-likeness (QED) is 0.880. The van der Waals surface area contributed by atoms with E-state index in [0.717, 1.165) is 0 Å². The first-order valence-corrected chi connectivity index (χ1v) is 7.73. The maximum Gasteiger partial charge on any atom is 0.154 e. The molecule has 1 aromatic rings. The Hall–Kier alpha value is -0.470. The molecule has 0 saturated heterocycles. The third kappa shape index (κ3) is 2.53. The van der Waals surface area contributed by atoms with Gasteiger partial charge in [-0.25, -0.2) is 13.1 Å². The Bertz CT molecular complexity index is 490. The minimum absolute atomic E-state index is 0.396. The molecule has 1 atom stereocenters. The normalized spacial score (nSPS) is 14.9. The molecule has 1 N–H and O–H groups in total. The largest absolute Gasteiger partial charge is 0.310 e. The maximum atomic E-state index is 11.9. The second-order valence-corrected chi connectivity index (χ2v) is 7.83. The fourth-order valence-corrected chi connectivity index (χ4v) is 2.89. The van der Waals surface area contributed by atoms with E-state index >= 15 is 0 Å². The highest BCUT2D eigenvalue weighted by molar-refractivity contribution is 9.10. The Labute approximate surface area is 110 Å². The third-order valence-corrected chi connectivity index (χ3v) is 5.75. The molecular formula is C9H17BrN4O2S. The number of halogens is 1. The number of hydrogen-bond acceptors (Lipinski definition) is 5. The van der Waals surface area contributed by atoms with Crippen LogP contribution in [0.1, 0.15) is 25.6 Å². The highest BCUT2D eigenvalue weighted by Gasteiger charge is 2.41. The van der Waals surface area contributed by atoms with E-state index in [1.807, 2.05) is 0 Å². The molecule has 0 amide bonds. The Kier molecular flexibility index (Phi) is 4.00. The molecule has 0 bridgehead atoms. The van der Waals surface area contributed by atoms with Gasteiger partial charge in [0.2, 0.25) is 0 Å². The van der Waals surface area contributed by atoms with Crippen LogP contribution >= 0.6 is 15.9 Å². The fraction of sp³-hybridized carbons (Fsp3) is 0.778. The molecule has 1 unspecified atom stereocenters. The summed E-state index contributed by atoms with van der Waals surface area (Å²) in [5.41, 5.74) is 0.711. The Morgan fingerprint density at radius 1 is 1.47 bits per heavy atom. The van der Waals surface area contributed by atoms with Crippen molar-refractivity contribution in [2.75, 3.05) is 13.3 Å². The zero-order valence-corrected chi connectivity index (χ0v) is 12.9. The molecule has 6 nitrogen and oxygen atoms in total. The number of aromatic nitrogens is 3. The van der Waals surface area contributed by atoms with Gasteiger partial charge in [-0.1, -0.05) is 5.21 Å². The molecule has 0 aromatic carbocycles. The smallest absolute Gasteiger partial charge is 0.154 e. The van der Waals surface area contributed by atoms with Crippen molar-refractivity contribution in [2.24, 2.45) is 7.05 Å². The minimum atomic E-state index is -3.23. The van der Waals surface area contributed by atoms with Crippen molar-refractivity contribution in [3.63, 3.8) is 0 Å². The van der Waals surface area contributed by atoms with Gasteiger partial charge in [-0.15, -0.1) is 5.10 Å². The number of hydrogen-bond donors (Lipinski definition) is 1. The second-order valence-electron chi connectivity index (χ2n) is 4.49. The van der Waals surface area contributed by atoms with Crippen LogP contribution < -0.4 is 5.32 Å². The molecule has 0 fully saturated rings.